The third-order valence-electron chi connectivity index (χ3n) is 2.78. The van der Waals surface area contributed by atoms with Gasteiger partial charge in [0.2, 0.25) is 5.91 Å². The molecular weight excluding hydrogens is 300 g/mol. The van der Waals surface area contributed by atoms with E-state index in [0.29, 0.717) is 11.4 Å². The first-order chi connectivity index (χ1) is 9.56. The summed E-state index contributed by atoms with van der Waals surface area (Å²) in [5.41, 5.74) is 1.01. The molecule has 0 aliphatic rings. The maximum Gasteiger partial charge on any atom is 0.224 e. The Labute approximate surface area is 126 Å². The minimum absolute atomic E-state index is 0.124. The van der Waals surface area contributed by atoms with E-state index in [1.54, 1.807) is 6.07 Å². The zero-order valence-corrected chi connectivity index (χ0v) is 12.0. The summed E-state index contributed by atoms with van der Waals surface area (Å²) in [4.78, 5) is 11.8. The molecule has 20 heavy (non-hydrogen) atoms. The molecule has 104 valence electrons. The van der Waals surface area contributed by atoms with Crippen molar-refractivity contribution in [3.63, 3.8) is 0 Å². The van der Waals surface area contributed by atoms with Crippen LogP contribution < -0.4 is 5.32 Å². The van der Waals surface area contributed by atoms with Crippen molar-refractivity contribution in [2.75, 3.05) is 5.32 Å². The molecule has 0 spiro atoms. The van der Waals surface area contributed by atoms with Crippen molar-refractivity contribution in [3.8, 4) is 0 Å². The maximum atomic E-state index is 13.5. The first kappa shape index (κ1) is 14.8. The number of rotatable bonds is 4. The van der Waals surface area contributed by atoms with Crippen LogP contribution in [0.25, 0.3) is 0 Å². The summed E-state index contributed by atoms with van der Waals surface area (Å²) in [5.74, 6) is -0.824. The van der Waals surface area contributed by atoms with E-state index in [1.165, 1.54) is 12.1 Å². The monoisotopic (exact) mass is 311 g/mol. The van der Waals surface area contributed by atoms with E-state index < -0.39 is 5.82 Å². The van der Waals surface area contributed by atoms with Crippen LogP contribution in [-0.2, 0) is 11.2 Å². The van der Waals surface area contributed by atoms with Gasteiger partial charge < -0.3 is 5.32 Å². The SMILES string of the molecule is O=C(CCc1ccccc1Cl)Nc1ccc(Cl)cc1F. The van der Waals surface area contributed by atoms with Crippen LogP contribution in [0.5, 0.6) is 0 Å². The molecule has 0 fully saturated rings. The maximum absolute atomic E-state index is 13.5. The number of hydrogen-bond acceptors (Lipinski definition) is 1. The summed E-state index contributed by atoms with van der Waals surface area (Å²) in [6, 6.07) is 11.4. The van der Waals surface area contributed by atoms with Crippen molar-refractivity contribution < 1.29 is 9.18 Å². The predicted octanol–water partition coefficient (Wildman–Crippen LogP) is 4.70. The lowest BCUT2D eigenvalue weighted by Gasteiger charge is -2.07. The van der Waals surface area contributed by atoms with Crippen LogP contribution >= 0.6 is 23.2 Å². The van der Waals surface area contributed by atoms with Crippen molar-refractivity contribution in [1.82, 2.24) is 0 Å². The Hall–Kier alpha value is -1.58. The molecule has 0 saturated heterocycles. The molecule has 0 aliphatic heterocycles. The highest BCUT2D eigenvalue weighted by molar-refractivity contribution is 6.31. The van der Waals surface area contributed by atoms with Gasteiger partial charge in [-0.25, -0.2) is 4.39 Å². The number of aryl methyl sites for hydroxylation is 1. The normalized spacial score (nSPS) is 10.3. The predicted molar refractivity (Wildman–Crippen MR) is 79.8 cm³/mol. The highest BCUT2D eigenvalue weighted by atomic mass is 35.5. The summed E-state index contributed by atoms with van der Waals surface area (Å²) in [7, 11) is 0. The van der Waals surface area contributed by atoms with Crippen LogP contribution in [0, 0.1) is 5.82 Å². The Morgan fingerprint density at radius 1 is 1.15 bits per heavy atom. The Kier molecular flexibility index (Phi) is 4.99. The smallest absolute Gasteiger partial charge is 0.224 e. The number of benzene rings is 2. The molecule has 2 aromatic rings. The Morgan fingerprint density at radius 3 is 2.60 bits per heavy atom. The van der Waals surface area contributed by atoms with Gasteiger partial charge in [0.05, 0.1) is 5.69 Å². The zero-order chi connectivity index (χ0) is 14.5. The average molecular weight is 312 g/mol. The molecule has 0 heterocycles. The fourth-order valence-electron chi connectivity index (χ4n) is 1.75. The van der Waals surface area contributed by atoms with E-state index in [-0.39, 0.29) is 23.0 Å². The number of halogens is 3. The van der Waals surface area contributed by atoms with Gasteiger partial charge in [-0.3, -0.25) is 4.79 Å². The molecule has 2 aromatic carbocycles. The average Bonchev–Trinajstić information content (AvgIpc) is 2.41. The number of carbonyl (C=O) groups excluding carboxylic acids is 1. The third kappa shape index (κ3) is 3.95. The number of nitrogens with one attached hydrogen (secondary N) is 1. The van der Waals surface area contributed by atoms with Crippen LogP contribution in [0.1, 0.15) is 12.0 Å². The molecule has 0 radical (unpaired) electrons. The summed E-state index contributed by atoms with van der Waals surface area (Å²) >= 11 is 11.6. The number of hydrogen-bond donors (Lipinski definition) is 1. The van der Waals surface area contributed by atoms with Crippen LogP contribution in [0.15, 0.2) is 42.5 Å². The van der Waals surface area contributed by atoms with Gasteiger partial charge in [0.1, 0.15) is 5.82 Å². The van der Waals surface area contributed by atoms with E-state index >= 15 is 0 Å². The summed E-state index contributed by atoms with van der Waals surface area (Å²) in [6.45, 7) is 0. The molecule has 1 N–H and O–H groups in total. The number of anilines is 1. The molecule has 0 aromatic heterocycles. The van der Waals surface area contributed by atoms with Crippen molar-refractivity contribution >= 4 is 34.8 Å². The Morgan fingerprint density at radius 2 is 1.90 bits per heavy atom. The number of carbonyl (C=O) groups is 1. The molecule has 0 atom stereocenters. The zero-order valence-electron chi connectivity index (χ0n) is 10.5. The van der Waals surface area contributed by atoms with E-state index in [1.807, 2.05) is 18.2 Å². The topological polar surface area (TPSA) is 29.1 Å². The van der Waals surface area contributed by atoms with Gasteiger partial charge in [-0.2, -0.15) is 0 Å². The van der Waals surface area contributed by atoms with Crippen molar-refractivity contribution in [2.24, 2.45) is 0 Å². The van der Waals surface area contributed by atoms with Crippen molar-refractivity contribution in [1.29, 1.82) is 0 Å². The van der Waals surface area contributed by atoms with E-state index in [0.717, 1.165) is 11.6 Å². The van der Waals surface area contributed by atoms with Crippen molar-refractivity contribution in [3.05, 3.63) is 63.9 Å². The van der Waals surface area contributed by atoms with E-state index in [4.69, 9.17) is 23.2 Å². The van der Waals surface area contributed by atoms with Gasteiger partial charge in [-0.1, -0.05) is 41.4 Å². The summed E-state index contributed by atoms with van der Waals surface area (Å²) in [6.07, 6.45) is 0.729. The molecule has 5 heteroatoms. The second-order valence-electron chi connectivity index (χ2n) is 4.26. The molecule has 0 bridgehead atoms. The van der Waals surface area contributed by atoms with Crippen molar-refractivity contribution in [2.45, 2.75) is 12.8 Å². The minimum atomic E-state index is -0.552. The highest BCUT2D eigenvalue weighted by Crippen LogP contribution is 2.20. The first-order valence-corrected chi connectivity index (χ1v) is 6.80. The van der Waals surface area contributed by atoms with Crippen LogP contribution in [0.2, 0.25) is 10.0 Å². The lowest BCUT2D eigenvalue weighted by Crippen LogP contribution is -2.13. The standard InChI is InChI=1S/C15H12Cl2FNO/c16-11-6-7-14(13(18)9-11)19-15(20)8-5-10-3-1-2-4-12(10)17/h1-4,6-7,9H,5,8H2,(H,19,20). The quantitative estimate of drug-likeness (QED) is 0.871. The van der Waals surface area contributed by atoms with Gasteiger partial charge in [-0.15, -0.1) is 0 Å². The summed E-state index contributed by atoms with van der Waals surface area (Å²) in [5, 5.41) is 3.42. The van der Waals surface area contributed by atoms with Gasteiger partial charge in [0.15, 0.2) is 0 Å². The van der Waals surface area contributed by atoms with E-state index in [9.17, 15) is 9.18 Å². The fourth-order valence-corrected chi connectivity index (χ4v) is 2.14. The molecule has 1 amide bonds. The second kappa shape index (κ2) is 6.73. The molecule has 0 aliphatic carbocycles. The molecular formula is C15H12Cl2FNO. The van der Waals surface area contributed by atoms with Gasteiger partial charge in [-0.05, 0) is 36.2 Å². The van der Waals surface area contributed by atoms with E-state index in [2.05, 4.69) is 5.32 Å². The van der Waals surface area contributed by atoms with Gasteiger partial charge >= 0.3 is 0 Å². The van der Waals surface area contributed by atoms with Crippen LogP contribution in [-0.4, -0.2) is 5.91 Å². The molecule has 0 unspecified atom stereocenters. The second-order valence-corrected chi connectivity index (χ2v) is 5.11. The molecule has 2 rings (SSSR count). The van der Waals surface area contributed by atoms with Gasteiger partial charge in [0.25, 0.3) is 0 Å². The largest absolute Gasteiger partial charge is 0.324 e. The fraction of sp³-hybridized carbons (Fsp3) is 0.133. The Balaban J connectivity index is 1.94. The molecule has 0 saturated carbocycles. The molecule has 2 nitrogen and oxygen atoms in total. The minimum Gasteiger partial charge on any atom is -0.324 e. The summed E-state index contributed by atoms with van der Waals surface area (Å²) < 4.78 is 13.5. The van der Waals surface area contributed by atoms with Crippen LogP contribution in [0.4, 0.5) is 10.1 Å². The first-order valence-electron chi connectivity index (χ1n) is 6.04. The van der Waals surface area contributed by atoms with Crippen LogP contribution in [0.3, 0.4) is 0 Å². The number of amides is 1. The Bertz CT molecular complexity index is 631. The lowest BCUT2D eigenvalue weighted by atomic mass is 10.1. The van der Waals surface area contributed by atoms with Gasteiger partial charge in [0, 0.05) is 16.5 Å². The lowest BCUT2D eigenvalue weighted by molar-refractivity contribution is -0.116. The highest BCUT2D eigenvalue weighted by Gasteiger charge is 2.08. The third-order valence-corrected chi connectivity index (χ3v) is 3.39.